The van der Waals surface area contributed by atoms with Crippen molar-refractivity contribution in [1.29, 1.82) is 0 Å². The molecule has 182 valence electrons. The third-order valence-corrected chi connectivity index (χ3v) is 7.92. The van der Waals surface area contributed by atoms with Gasteiger partial charge in [0.15, 0.2) is 0 Å². The van der Waals surface area contributed by atoms with Gasteiger partial charge in [0.1, 0.15) is 0 Å². The molecule has 1 nitrogen and oxygen atoms in total. The van der Waals surface area contributed by atoms with E-state index in [2.05, 4.69) is 56.4 Å². The van der Waals surface area contributed by atoms with Crippen molar-refractivity contribution in [2.24, 2.45) is 11.8 Å². The van der Waals surface area contributed by atoms with Crippen molar-refractivity contribution in [2.75, 3.05) is 0 Å². The average molecular weight is 448 g/mol. The minimum absolute atomic E-state index is 0.936. The van der Waals surface area contributed by atoms with Crippen LogP contribution < -0.4 is 0 Å². The van der Waals surface area contributed by atoms with E-state index in [1.165, 1.54) is 126 Å². The number of pyridine rings is 1. The lowest BCUT2D eigenvalue weighted by Gasteiger charge is -2.28. The van der Waals surface area contributed by atoms with Gasteiger partial charge in [0.05, 0.1) is 5.69 Å². The summed E-state index contributed by atoms with van der Waals surface area (Å²) in [6.45, 7) is 4.57. The van der Waals surface area contributed by atoms with Crippen LogP contribution in [0, 0.1) is 11.8 Å². The Morgan fingerprint density at radius 2 is 1.21 bits per heavy atom. The maximum absolute atomic E-state index is 4.79. The van der Waals surface area contributed by atoms with Crippen LogP contribution >= 0.6 is 0 Å². The van der Waals surface area contributed by atoms with Crippen molar-refractivity contribution in [3.05, 3.63) is 53.7 Å². The predicted molar refractivity (Wildman–Crippen MR) is 145 cm³/mol. The lowest BCUT2D eigenvalue weighted by Crippen LogP contribution is -2.15. The van der Waals surface area contributed by atoms with Crippen LogP contribution in [0.2, 0.25) is 0 Å². The molecule has 3 rings (SSSR count). The molecule has 0 N–H and O–H groups in total. The van der Waals surface area contributed by atoms with E-state index >= 15 is 0 Å². The number of aromatic nitrogens is 1. The molecule has 1 aliphatic rings. The van der Waals surface area contributed by atoms with Gasteiger partial charge in [-0.25, -0.2) is 0 Å². The first-order valence-electron chi connectivity index (χ1n) is 14.3. The van der Waals surface area contributed by atoms with E-state index in [1.807, 2.05) is 0 Å². The summed E-state index contributed by atoms with van der Waals surface area (Å²) in [6.07, 6.45) is 25.7. The number of aryl methyl sites for hydroxylation is 2. The Kier molecular flexibility index (Phi) is 12.1. The maximum atomic E-state index is 4.79. The zero-order valence-corrected chi connectivity index (χ0v) is 21.7. The van der Waals surface area contributed by atoms with Crippen LogP contribution in [-0.2, 0) is 12.8 Å². The SMILES string of the molecule is CCCCCCCC[C@H]1CC[C@H](CCc2ccc(-c3ccc(CCCCC)cc3)nc2)CC1. The molecular weight excluding hydrogens is 398 g/mol. The van der Waals surface area contributed by atoms with Crippen LogP contribution in [0.5, 0.6) is 0 Å². The number of rotatable bonds is 15. The van der Waals surface area contributed by atoms with E-state index < -0.39 is 0 Å². The summed E-state index contributed by atoms with van der Waals surface area (Å²) in [7, 11) is 0. The fourth-order valence-corrected chi connectivity index (χ4v) is 5.56. The minimum atomic E-state index is 0.936. The van der Waals surface area contributed by atoms with E-state index in [9.17, 15) is 0 Å². The first-order chi connectivity index (χ1) is 16.3. The normalized spacial score (nSPS) is 18.5. The predicted octanol–water partition coefficient (Wildman–Crippen LogP) is 9.97. The highest BCUT2D eigenvalue weighted by Gasteiger charge is 2.20. The molecule has 33 heavy (non-hydrogen) atoms. The molecule has 1 fully saturated rings. The highest BCUT2D eigenvalue weighted by Crippen LogP contribution is 2.34. The fraction of sp³-hybridized carbons (Fsp3) is 0.656. The van der Waals surface area contributed by atoms with Crippen molar-refractivity contribution < 1.29 is 0 Å². The molecule has 0 radical (unpaired) electrons. The third-order valence-electron chi connectivity index (χ3n) is 7.92. The van der Waals surface area contributed by atoms with Crippen LogP contribution in [0.1, 0.15) is 121 Å². The van der Waals surface area contributed by atoms with Crippen molar-refractivity contribution in [3.63, 3.8) is 0 Å². The van der Waals surface area contributed by atoms with E-state index in [0.717, 1.165) is 17.5 Å². The van der Waals surface area contributed by atoms with E-state index in [4.69, 9.17) is 4.98 Å². The zero-order chi connectivity index (χ0) is 23.1. The molecule has 0 atom stereocenters. The Balaban J connectivity index is 1.33. The van der Waals surface area contributed by atoms with Crippen molar-refractivity contribution in [1.82, 2.24) is 4.98 Å². The molecule has 0 saturated heterocycles. The van der Waals surface area contributed by atoms with Crippen molar-refractivity contribution in [3.8, 4) is 11.3 Å². The smallest absolute Gasteiger partial charge is 0.0702 e. The van der Waals surface area contributed by atoms with Gasteiger partial charge in [-0.1, -0.05) is 128 Å². The van der Waals surface area contributed by atoms with Gasteiger partial charge >= 0.3 is 0 Å². The summed E-state index contributed by atoms with van der Waals surface area (Å²) in [5, 5.41) is 0. The number of unbranched alkanes of at least 4 members (excludes halogenated alkanes) is 7. The second-order valence-corrected chi connectivity index (χ2v) is 10.7. The van der Waals surface area contributed by atoms with Crippen molar-refractivity contribution in [2.45, 2.75) is 123 Å². The first kappa shape index (κ1) is 26.0. The quantitative estimate of drug-likeness (QED) is 0.247. The zero-order valence-electron chi connectivity index (χ0n) is 21.7. The van der Waals surface area contributed by atoms with E-state index in [-0.39, 0.29) is 0 Å². The van der Waals surface area contributed by atoms with Gasteiger partial charge in [-0.05, 0) is 54.7 Å². The lowest BCUT2D eigenvalue weighted by atomic mass is 9.78. The van der Waals surface area contributed by atoms with E-state index in [0.29, 0.717) is 0 Å². The van der Waals surface area contributed by atoms with Gasteiger partial charge in [0.2, 0.25) is 0 Å². The molecule has 1 aliphatic carbocycles. The van der Waals surface area contributed by atoms with Gasteiger partial charge < -0.3 is 0 Å². The number of benzene rings is 1. The maximum Gasteiger partial charge on any atom is 0.0702 e. The molecule has 1 aromatic heterocycles. The van der Waals surface area contributed by atoms with Crippen LogP contribution in [0.15, 0.2) is 42.6 Å². The summed E-state index contributed by atoms with van der Waals surface area (Å²) < 4.78 is 0. The van der Waals surface area contributed by atoms with E-state index in [1.54, 1.807) is 0 Å². The van der Waals surface area contributed by atoms with Gasteiger partial charge in [0.25, 0.3) is 0 Å². The van der Waals surface area contributed by atoms with Gasteiger partial charge in [0, 0.05) is 11.8 Å². The molecule has 2 aromatic rings. The minimum Gasteiger partial charge on any atom is -0.256 e. The molecule has 1 aromatic carbocycles. The Bertz CT molecular complexity index is 737. The third kappa shape index (κ3) is 9.63. The molecule has 0 amide bonds. The van der Waals surface area contributed by atoms with Gasteiger partial charge in [-0.2, -0.15) is 0 Å². The Hall–Kier alpha value is -1.63. The summed E-state index contributed by atoms with van der Waals surface area (Å²) >= 11 is 0. The fourth-order valence-electron chi connectivity index (χ4n) is 5.56. The Morgan fingerprint density at radius 1 is 0.606 bits per heavy atom. The van der Waals surface area contributed by atoms with Gasteiger partial charge in [-0.15, -0.1) is 0 Å². The molecule has 0 aliphatic heterocycles. The highest BCUT2D eigenvalue weighted by molar-refractivity contribution is 5.59. The number of hydrogen-bond acceptors (Lipinski definition) is 1. The van der Waals surface area contributed by atoms with Gasteiger partial charge in [-0.3, -0.25) is 4.98 Å². The first-order valence-corrected chi connectivity index (χ1v) is 14.3. The highest BCUT2D eigenvalue weighted by atomic mass is 14.7. The average Bonchev–Trinajstić information content (AvgIpc) is 2.86. The Morgan fingerprint density at radius 3 is 1.88 bits per heavy atom. The molecule has 1 heteroatoms. The molecule has 0 unspecified atom stereocenters. The van der Waals surface area contributed by atoms with Crippen LogP contribution in [0.4, 0.5) is 0 Å². The monoisotopic (exact) mass is 447 g/mol. The summed E-state index contributed by atoms with van der Waals surface area (Å²) in [5.74, 6) is 1.96. The molecule has 1 heterocycles. The Labute approximate surface area is 204 Å². The summed E-state index contributed by atoms with van der Waals surface area (Å²) in [6, 6.07) is 13.6. The van der Waals surface area contributed by atoms with Crippen LogP contribution in [0.25, 0.3) is 11.3 Å². The van der Waals surface area contributed by atoms with Crippen LogP contribution in [-0.4, -0.2) is 4.98 Å². The molecule has 0 bridgehead atoms. The molecule has 1 saturated carbocycles. The topological polar surface area (TPSA) is 12.9 Å². The van der Waals surface area contributed by atoms with Crippen molar-refractivity contribution >= 4 is 0 Å². The summed E-state index contributed by atoms with van der Waals surface area (Å²) in [5.41, 5.74) is 5.20. The number of nitrogens with zero attached hydrogens (tertiary/aromatic N) is 1. The second kappa shape index (κ2) is 15.3. The second-order valence-electron chi connectivity index (χ2n) is 10.7. The largest absolute Gasteiger partial charge is 0.256 e. The molecular formula is C32H49N. The summed E-state index contributed by atoms with van der Waals surface area (Å²) in [4.78, 5) is 4.79. The standard InChI is InChI=1S/C32H49N/c1-3-5-7-8-9-11-13-27-14-16-29(17-15-27)18-19-30-22-25-32(33-26-30)31-23-20-28(21-24-31)12-10-6-4-2/h20-27,29H,3-19H2,1-2H3/t27-,29-. The lowest BCUT2D eigenvalue weighted by molar-refractivity contribution is 0.248. The van der Waals surface area contributed by atoms with Crippen LogP contribution in [0.3, 0.4) is 0 Å². The molecule has 0 spiro atoms. The number of hydrogen-bond donors (Lipinski definition) is 0.